The van der Waals surface area contributed by atoms with Crippen molar-refractivity contribution in [3.05, 3.63) is 90.2 Å². The molecule has 0 saturated carbocycles. The van der Waals surface area contributed by atoms with Crippen molar-refractivity contribution in [3.8, 4) is 22.6 Å². The highest BCUT2D eigenvalue weighted by atomic mass is 16.5. The zero-order valence-corrected chi connectivity index (χ0v) is 19.8. The number of amides is 1. The average Bonchev–Trinajstić information content (AvgIpc) is 3.29. The Bertz CT molecular complexity index is 1300. The second kappa shape index (κ2) is 10.8. The lowest BCUT2D eigenvalue weighted by molar-refractivity contribution is -0.116. The van der Waals surface area contributed by atoms with Gasteiger partial charge in [-0.1, -0.05) is 48.5 Å². The van der Waals surface area contributed by atoms with Gasteiger partial charge in [0.1, 0.15) is 17.1 Å². The Morgan fingerprint density at radius 3 is 2.44 bits per heavy atom. The van der Waals surface area contributed by atoms with Gasteiger partial charge in [-0.3, -0.25) is 4.79 Å². The molecule has 174 valence electrons. The summed E-state index contributed by atoms with van der Waals surface area (Å²) in [6.07, 6.45) is 5.16. The SMILES string of the molecule is COc1cc2occ(-c3ccccc3OC)c2cc1/C(C)=C/C(=O)NCCCc1ccccc1. The molecular formula is C29H29NO4. The molecule has 34 heavy (non-hydrogen) atoms. The summed E-state index contributed by atoms with van der Waals surface area (Å²) in [5, 5.41) is 3.91. The maximum atomic E-state index is 12.6. The predicted octanol–water partition coefficient (Wildman–Crippen LogP) is 6.27. The van der Waals surface area contributed by atoms with Crippen LogP contribution in [0.3, 0.4) is 0 Å². The summed E-state index contributed by atoms with van der Waals surface area (Å²) in [7, 11) is 3.27. The monoisotopic (exact) mass is 455 g/mol. The maximum Gasteiger partial charge on any atom is 0.244 e. The van der Waals surface area contributed by atoms with Crippen LogP contribution in [0.15, 0.2) is 83.5 Å². The minimum Gasteiger partial charge on any atom is -0.496 e. The molecule has 0 spiro atoms. The molecule has 5 heteroatoms. The Morgan fingerprint density at radius 2 is 1.68 bits per heavy atom. The minimum absolute atomic E-state index is 0.121. The zero-order chi connectivity index (χ0) is 23.9. The van der Waals surface area contributed by atoms with Gasteiger partial charge in [0.05, 0.1) is 20.5 Å². The third-order valence-electron chi connectivity index (χ3n) is 5.85. The van der Waals surface area contributed by atoms with Crippen molar-refractivity contribution < 1.29 is 18.7 Å². The van der Waals surface area contributed by atoms with E-state index in [4.69, 9.17) is 13.9 Å². The molecule has 1 amide bonds. The van der Waals surface area contributed by atoms with Crippen LogP contribution in [-0.4, -0.2) is 26.7 Å². The summed E-state index contributed by atoms with van der Waals surface area (Å²) < 4.78 is 17.0. The Balaban J connectivity index is 1.54. The fourth-order valence-corrected chi connectivity index (χ4v) is 4.08. The van der Waals surface area contributed by atoms with E-state index in [2.05, 4.69) is 17.4 Å². The smallest absolute Gasteiger partial charge is 0.244 e. The molecule has 0 unspecified atom stereocenters. The van der Waals surface area contributed by atoms with Gasteiger partial charge >= 0.3 is 0 Å². The standard InChI is InChI=1S/C29H29NO4/c1-20(16-29(31)30-15-9-12-21-10-5-4-6-11-21)23-17-24-25(19-34-28(24)18-27(23)33-3)22-13-7-8-14-26(22)32-2/h4-8,10-11,13-14,16-19H,9,12,15H2,1-3H3,(H,30,31)/b20-16+. The first-order valence-electron chi connectivity index (χ1n) is 11.3. The fraction of sp³-hybridized carbons (Fsp3) is 0.207. The summed E-state index contributed by atoms with van der Waals surface area (Å²) in [6, 6.07) is 22.0. The van der Waals surface area contributed by atoms with Crippen LogP contribution in [0.1, 0.15) is 24.5 Å². The second-order valence-corrected chi connectivity index (χ2v) is 8.11. The number of furan rings is 1. The minimum atomic E-state index is -0.121. The molecule has 1 heterocycles. The first-order valence-corrected chi connectivity index (χ1v) is 11.3. The van der Waals surface area contributed by atoms with Crippen LogP contribution < -0.4 is 14.8 Å². The molecule has 0 atom stereocenters. The first kappa shape index (κ1) is 23.2. The molecular weight excluding hydrogens is 426 g/mol. The largest absolute Gasteiger partial charge is 0.496 e. The van der Waals surface area contributed by atoms with Gasteiger partial charge in [0.25, 0.3) is 0 Å². The van der Waals surface area contributed by atoms with Crippen LogP contribution in [0.4, 0.5) is 0 Å². The van der Waals surface area contributed by atoms with Crippen LogP contribution in [-0.2, 0) is 11.2 Å². The number of methoxy groups -OCH3 is 2. The van der Waals surface area contributed by atoms with Gasteiger partial charge in [0.15, 0.2) is 0 Å². The van der Waals surface area contributed by atoms with Crippen molar-refractivity contribution in [2.45, 2.75) is 19.8 Å². The lowest BCUT2D eigenvalue weighted by Gasteiger charge is -2.11. The zero-order valence-electron chi connectivity index (χ0n) is 19.8. The topological polar surface area (TPSA) is 60.7 Å². The van der Waals surface area contributed by atoms with Gasteiger partial charge in [-0.2, -0.15) is 0 Å². The summed E-state index contributed by atoms with van der Waals surface area (Å²) in [6.45, 7) is 2.53. The first-order chi connectivity index (χ1) is 16.6. The molecule has 0 fully saturated rings. The molecule has 4 aromatic rings. The molecule has 4 rings (SSSR count). The van der Waals surface area contributed by atoms with E-state index in [1.54, 1.807) is 26.6 Å². The van der Waals surface area contributed by atoms with Gasteiger partial charge in [0.2, 0.25) is 5.91 Å². The third kappa shape index (κ3) is 5.15. The molecule has 0 aliphatic heterocycles. The van der Waals surface area contributed by atoms with Gasteiger partial charge < -0.3 is 19.2 Å². The predicted molar refractivity (Wildman–Crippen MR) is 136 cm³/mol. The van der Waals surface area contributed by atoms with Gasteiger partial charge in [0, 0.05) is 40.8 Å². The molecule has 3 aromatic carbocycles. The third-order valence-corrected chi connectivity index (χ3v) is 5.85. The van der Waals surface area contributed by atoms with Crippen LogP contribution in [0, 0.1) is 0 Å². The Hall–Kier alpha value is -3.99. The number of allylic oxidation sites excluding steroid dienone is 1. The van der Waals surface area contributed by atoms with E-state index in [0.717, 1.165) is 46.2 Å². The highest BCUT2D eigenvalue weighted by Gasteiger charge is 2.16. The number of carbonyl (C=O) groups excluding carboxylic acids is 1. The Kier molecular flexibility index (Phi) is 7.33. The van der Waals surface area contributed by atoms with E-state index in [1.165, 1.54) is 5.56 Å². The highest BCUT2D eigenvalue weighted by molar-refractivity contribution is 6.01. The number of fused-ring (bicyclic) bond motifs is 1. The van der Waals surface area contributed by atoms with Crippen molar-refractivity contribution in [2.24, 2.45) is 0 Å². The lowest BCUT2D eigenvalue weighted by atomic mass is 9.98. The van der Waals surface area contributed by atoms with E-state index in [1.807, 2.05) is 61.5 Å². The number of hydrogen-bond donors (Lipinski definition) is 1. The lowest BCUT2D eigenvalue weighted by Crippen LogP contribution is -2.22. The number of carbonyl (C=O) groups is 1. The molecule has 0 saturated heterocycles. The van der Waals surface area contributed by atoms with Gasteiger partial charge in [-0.15, -0.1) is 0 Å². The van der Waals surface area contributed by atoms with Crippen LogP contribution in [0.25, 0.3) is 27.7 Å². The normalized spacial score (nSPS) is 11.4. The molecule has 0 aliphatic carbocycles. The van der Waals surface area contributed by atoms with Crippen molar-refractivity contribution >= 4 is 22.4 Å². The molecule has 5 nitrogen and oxygen atoms in total. The number of para-hydroxylation sites is 1. The molecule has 0 radical (unpaired) electrons. The molecule has 0 bridgehead atoms. The summed E-state index contributed by atoms with van der Waals surface area (Å²) >= 11 is 0. The van der Waals surface area contributed by atoms with Gasteiger partial charge in [-0.25, -0.2) is 0 Å². The Morgan fingerprint density at radius 1 is 0.941 bits per heavy atom. The second-order valence-electron chi connectivity index (χ2n) is 8.11. The number of aryl methyl sites for hydroxylation is 1. The number of nitrogens with one attached hydrogen (secondary N) is 1. The van der Waals surface area contributed by atoms with Crippen LogP contribution in [0.2, 0.25) is 0 Å². The van der Waals surface area contributed by atoms with E-state index in [-0.39, 0.29) is 5.91 Å². The van der Waals surface area contributed by atoms with E-state index in [0.29, 0.717) is 17.9 Å². The average molecular weight is 456 g/mol. The van der Waals surface area contributed by atoms with Crippen molar-refractivity contribution in [3.63, 3.8) is 0 Å². The molecule has 1 N–H and O–H groups in total. The number of ether oxygens (including phenoxy) is 2. The molecule has 0 aliphatic rings. The van der Waals surface area contributed by atoms with Crippen LogP contribution >= 0.6 is 0 Å². The molecule has 1 aromatic heterocycles. The van der Waals surface area contributed by atoms with Crippen LogP contribution in [0.5, 0.6) is 11.5 Å². The van der Waals surface area contributed by atoms with Crippen molar-refractivity contribution in [2.75, 3.05) is 20.8 Å². The van der Waals surface area contributed by atoms with E-state index >= 15 is 0 Å². The van der Waals surface area contributed by atoms with Gasteiger partial charge in [-0.05, 0) is 43.0 Å². The number of hydrogen-bond acceptors (Lipinski definition) is 4. The van der Waals surface area contributed by atoms with Crippen molar-refractivity contribution in [1.82, 2.24) is 5.32 Å². The summed E-state index contributed by atoms with van der Waals surface area (Å²) in [5.41, 5.74) is 5.50. The van der Waals surface area contributed by atoms with E-state index in [9.17, 15) is 4.79 Å². The number of benzene rings is 3. The maximum absolute atomic E-state index is 12.6. The fourth-order valence-electron chi connectivity index (χ4n) is 4.08. The van der Waals surface area contributed by atoms with E-state index < -0.39 is 0 Å². The highest BCUT2D eigenvalue weighted by Crippen LogP contribution is 2.40. The number of rotatable bonds is 9. The van der Waals surface area contributed by atoms with Crippen molar-refractivity contribution in [1.29, 1.82) is 0 Å². The Labute approximate surface area is 200 Å². The summed E-state index contributed by atoms with van der Waals surface area (Å²) in [4.78, 5) is 12.6. The summed E-state index contributed by atoms with van der Waals surface area (Å²) in [5.74, 6) is 1.30. The quantitative estimate of drug-likeness (QED) is 0.239.